The van der Waals surface area contributed by atoms with Gasteiger partial charge in [0, 0.05) is 18.0 Å². The molecule has 1 N–H and O–H groups in total. The summed E-state index contributed by atoms with van der Waals surface area (Å²) in [4.78, 5) is 2.38. The van der Waals surface area contributed by atoms with Crippen LogP contribution in [0.4, 0.5) is 0 Å². The van der Waals surface area contributed by atoms with Crippen LogP contribution in [-0.2, 0) is 0 Å². The van der Waals surface area contributed by atoms with E-state index in [2.05, 4.69) is 18.9 Å². The van der Waals surface area contributed by atoms with E-state index >= 15 is 0 Å². The van der Waals surface area contributed by atoms with Gasteiger partial charge >= 0.3 is 0 Å². The smallest absolute Gasteiger partial charge is 0.0693 e. The zero-order valence-electron chi connectivity index (χ0n) is 12.1. The molecule has 1 aliphatic heterocycles. The number of hydrogen-bond donors (Lipinski definition) is 1. The van der Waals surface area contributed by atoms with E-state index in [4.69, 9.17) is 11.6 Å². The highest BCUT2D eigenvalue weighted by molar-refractivity contribution is 6.17. The molecule has 1 rings (SSSR count). The average Bonchev–Trinajstić information content (AvgIpc) is 2.37. The third-order valence-electron chi connectivity index (χ3n) is 4.49. The molecule has 0 spiro atoms. The van der Waals surface area contributed by atoms with E-state index in [1.807, 2.05) is 0 Å². The number of aliphatic hydroxyl groups is 1. The predicted octanol–water partition coefficient (Wildman–Crippen LogP) is 3.80. The lowest BCUT2D eigenvalue weighted by molar-refractivity contribution is -0.000731. The van der Waals surface area contributed by atoms with Gasteiger partial charge in [-0.05, 0) is 39.7 Å². The van der Waals surface area contributed by atoms with Crippen LogP contribution in [0, 0.1) is 0 Å². The second-order valence-electron chi connectivity index (χ2n) is 5.80. The zero-order valence-corrected chi connectivity index (χ0v) is 12.8. The van der Waals surface area contributed by atoms with Gasteiger partial charge in [-0.15, -0.1) is 11.6 Å². The maximum absolute atomic E-state index is 9.81. The second-order valence-corrected chi connectivity index (χ2v) is 6.18. The summed E-state index contributed by atoms with van der Waals surface area (Å²) in [6.07, 6.45) is 11.1. The normalized spacial score (nSPS) is 29.7. The van der Waals surface area contributed by atoms with Crippen molar-refractivity contribution in [3.63, 3.8) is 0 Å². The van der Waals surface area contributed by atoms with Crippen molar-refractivity contribution in [1.82, 2.24) is 4.90 Å². The maximum Gasteiger partial charge on any atom is 0.0693 e. The first-order valence-corrected chi connectivity index (χ1v) is 8.16. The number of rotatable bonds is 8. The Morgan fingerprint density at radius 3 is 2.33 bits per heavy atom. The Balaban J connectivity index is 2.05. The van der Waals surface area contributed by atoms with Gasteiger partial charge in [-0.2, -0.15) is 0 Å². The number of unbranched alkanes of at least 4 members (excludes halogenated alkanes) is 5. The summed E-state index contributed by atoms with van der Waals surface area (Å²) in [6, 6.07) is 1.01. The van der Waals surface area contributed by atoms with Crippen molar-refractivity contribution in [2.24, 2.45) is 0 Å². The first kappa shape index (κ1) is 16.3. The van der Waals surface area contributed by atoms with Crippen molar-refractivity contribution >= 4 is 11.6 Å². The van der Waals surface area contributed by atoms with E-state index < -0.39 is 0 Å². The minimum Gasteiger partial charge on any atom is -0.392 e. The number of nitrogens with zero attached hydrogens (tertiary/aromatic N) is 1. The van der Waals surface area contributed by atoms with E-state index in [1.54, 1.807) is 0 Å². The molecule has 0 radical (unpaired) electrons. The minimum atomic E-state index is -0.123. The predicted molar refractivity (Wildman–Crippen MR) is 79.3 cm³/mol. The number of likely N-dealkylation sites (tertiary alicyclic amines) is 1. The quantitative estimate of drug-likeness (QED) is 0.538. The molecule has 0 unspecified atom stereocenters. The molecule has 1 saturated heterocycles. The van der Waals surface area contributed by atoms with Gasteiger partial charge in [0.15, 0.2) is 0 Å². The lowest BCUT2D eigenvalue weighted by Crippen LogP contribution is -2.49. The summed E-state index contributed by atoms with van der Waals surface area (Å²) < 4.78 is 0. The van der Waals surface area contributed by atoms with Gasteiger partial charge in [0.2, 0.25) is 0 Å². The molecule has 0 aromatic heterocycles. The van der Waals surface area contributed by atoms with Gasteiger partial charge in [-0.1, -0.05) is 32.1 Å². The highest BCUT2D eigenvalue weighted by Crippen LogP contribution is 2.25. The molecule has 108 valence electrons. The van der Waals surface area contributed by atoms with Crippen LogP contribution >= 0.6 is 11.6 Å². The fourth-order valence-electron chi connectivity index (χ4n) is 2.94. The fourth-order valence-corrected chi connectivity index (χ4v) is 3.13. The van der Waals surface area contributed by atoms with Crippen LogP contribution in [-0.4, -0.2) is 41.1 Å². The molecule has 1 heterocycles. The maximum atomic E-state index is 9.81. The Labute approximate surface area is 118 Å². The van der Waals surface area contributed by atoms with Crippen molar-refractivity contribution in [1.29, 1.82) is 0 Å². The van der Waals surface area contributed by atoms with Crippen LogP contribution in [0.3, 0.4) is 0 Å². The molecule has 0 saturated carbocycles. The number of halogens is 1. The molecule has 0 aliphatic carbocycles. The average molecular weight is 276 g/mol. The summed E-state index contributed by atoms with van der Waals surface area (Å²) in [6.45, 7) is 2.14. The molecule has 3 heteroatoms. The van der Waals surface area contributed by atoms with Crippen LogP contribution in [0.25, 0.3) is 0 Å². The molecule has 2 nitrogen and oxygen atoms in total. The molecule has 3 atom stereocenters. The zero-order chi connectivity index (χ0) is 13.4. The van der Waals surface area contributed by atoms with Crippen molar-refractivity contribution in [2.75, 3.05) is 12.9 Å². The number of alkyl halides is 1. The third-order valence-corrected chi connectivity index (χ3v) is 4.76. The first-order chi connectivity index (χ1) is 8.66. The second kappa shape index (κ2) is 9.17. The van der Waals surface area contributed by atoms with Crippen molar-refractivity contribution < 1.29 is 5.11 Å². The summed E-state index contributed by atoms with van der Waals surface area (Å²) in [5, 5.41) is 9.81. The molecule has 0 aromatic carbocycles. The number of piperidine rings is 1. The minimum absolute atomic E-state index is 0.123. The van der Waals surface area contributed by atoms with Crippen molar-refractivity contribution in [2.45, 2.75) is 82.9 Å². The topological polar surface area (TPSA) is 23.5 Å². The SMILES string of the molecule is C[C@H]1[C@@H](O)CC[C@@H](CCCCCCCCCl)N1C. The van der Waals surface area contributed by atoms with Crippen molar-refractivity contribution in [3.8, 4) is 0 Å². The van der Waals surface area contributed by atoms with Crippen LogP contribution < -0.4 is 0 Å². The van der Waals surface area contributed by atoms with Gasteiger partial charge in [-0.3, -0.25) is 4.90 Å². The van der Waals surface area contributed by atoms with Crippen LogP contribution in [0.15, 0.2) is 0 Å². The van der Waals surface area contributed by atoms with E-state index in [-0.39, 0.29) is 6.10 Å². The highest BCUT2D eigenvalue weighted by Gasteiger charge is 2.30. The summed E-state index contributed by atoms with van der Waals surface area (Å²) in [5.41, 5.74) is 0. The standard InChI is InChI=1S/C15H30ClNO/c1-13-15(18)11-10-14(17(13)2)9-7-5-3-4-6-8-12-16/h13-15,18H,3-12H2,1-2H3/t13-,14+,15-/m0/s1. The van der Waals surface area contributed by atoms with E-state index in [9.17, 15) is 5.11 Å². The Kier molecular flexibility index (Phi) is 8.28. The summed E-state index contributed by atoms with van der Waals surface area (Å²) >= 11 is 5.66. The van der Waals surface area contributed by atoms with E-state index in [0.717, 1.165) is 18.7 Å². The van der Waals surface area contributed by atoms with E-state index in [1.165, 1.54) is 44.9 Å². The van der Waals surface area contributed by atoms with Gasteiger partial charge in [0.1, 0.15) is 0 Å². The Hall–Kier alpha value is 0.210. The lowest BCUT2D eigenvalue weighted by atomic mass is 9.91. The molecular weight excluding hydrogens is 246 g/mol. The molecule has 0 bridgehead atoms. The van der Waals surface area contributed by atoms with Crippen LogP contribution in [0.5, 0.6) is 0 Å². The van der Waals surface area contributed by atoms with E-state index in [0.29, 0.717) is 12.1 Å². The highest BCUT2D eigenvalue weighted by atomic mass is 35.5. The molecule has 18 heavy (non-hydrogen) atoms. The van der Waals surface area contributed by atoms with Gasteiger partial charge in [0.05, 0.1) is 6.10 Å². The van der Waals surface area contributed by atoms with Crippen molar-refractivity contribution in [3.05, 3.63) is 0 Å². The Morgan fingerprint density at radius 2 is 1.67 bits per heavy atom. The van der Waals surface area contributed by atoms with Gasteiger partial charge in [-0.25, -0.2) is 0 Å². The third kappa shape index (κ3) is 5.46. The summed E-state index contributed by atoms with van der Waals surface area (Å²) in [5.74, 6) is 0.813. The van der Waals surface area contributed by atoms with Crippen LogP contribution in [0.1, 0.15) is 64.7 Å². The molecule has 1 aliphatic rings. The molecule has 0 amide bonds. The van der Waals surface area contributed by atoms with Gasteiger partial charge in [0.25, 0.3) is 0 Å². The molecule has 0 aromatic rings. The molecular formula is C15H30ClNO. The Bertz CT molecular complexity index is 213. The van der Waals surface area contributed by atoms with Crippen LogP contribution in [0.2, 0.25) is 0 Å². The lowest BCUT2D eigenvalue weighted by Gasteiger charge is -2.41. The number of aliphatic hydroxyl groups excluding tert-OH is 1. The first-order valence-electron chi connectivity index (χ1n) is 7.62. The number of likely N-dealkylation sites (N-methyl/N-ethyl adjacent to an activating group) is 1. The number of hydrogen-bond acceptors (Lipinski definition) is 2. The monoisotopic (exact) mass is 275 g/mol. The fraction of sp³-hybridized carbons (Fsp3) is 1.00. The molecule has 1 fully saturated rings. The summed E-state index contributed by atoms with van der Waals surface area (Å²) in [7, 11) is 2.16. The Morgan fingerprint density at radius 1 is 1.06 bits per heavy atom. The van der Waals surface area contributed by atoms with Gasteiger partial charge < -0.3 is 5.11 Å². The largest absolute Gasteiger partial charge is 0.392 e.